The van der Waals surface area contributed by atoms with E-state index >= 15 is 0 Å². The number of rotatable bonds is 10. The Labute approximate surface area is 203 Å². The molecule has 2 aliphatic rings. The van der Waals surface area contributed by atoms with Gasteiger partial charge in [0.1, 0.15) is 0 Å². The first-order chi connectivity index (χ1) is 16.8. The van der Waals surface area contributed by atoms with E-state index in [0.29, 0.717) is 42.8 Å². The maximum absolute atomic E-state index is 8.92. The Morgan fingerprint density at radius 3 is 2.56 bits per heavy atom. The zero-order valence-electron chi connectivity index (χ0n) is 20.4. The van der Waals surface area contributed by atoms with Gasteiger partial charge in [0.25, 0.3) is 0 Å². The van der Waals surface area contributed by atoms with Crippen LogP contribution in [0, 0.1) is 11.3 Å². The highest BCUT2D eigenvalue weighted by Gasteiger charge is 2.23. The number of hydrogen-bond donors (Lipinski definition) is 3. The lowest BCUT2D eigenvalue weighted by atomic mass is 10.1. The van der Waals surface area contributed by atoms with Crippen molar-refractivity contribution >= 4 is 17.6 Å². The van der Waals surface area contributed by atoms with E-state index in [1.807, 2.05) is 24.3 Å². The van der Waals surface area contributed by atoms with Gasteiger partial charge in [0, 0.05) is 36.4 Å². The fraction of sp³-hybridized carbons (Fsp3) is 0.615. The molecule has 34 heavy (non-hydrogen) atoms. The third-order valence-corrected chi connectivity index (χ3v) is 6.95. The van der Waals surface area contributed by atoms with Crippen LogP contribution in [0.15, 0.2) is 24.3 Å². The Morgan fingerprint density at radius 2 is 1.76 bits per heavy atom. The van der Waals surface area contributed by atoms with E-state index in [-0.39, 0.29) is 0 Å². The van der Waals surface area contributed by atoms with Gasteiger partial charge < -0.3 is 16.0 Å². The lowest BCUT2D eigenvalue weighted by molar-refractivity contribution is 0.277. The number of nitriles is 1. The highest BCUT2D eigenvalue weighted by molar-refractivity contribution is 5.74. The standard InChI is InChI=1S/C26H38N8/c1-2-34-18-9-13-21(34)19-29-25-31-24(22-14-7-8-15-23(22)28-17-10-16-27)32-26(33-25)30-20-11-5-3-4-6-12-20/h7-8,14-15,20-21,28H,2-6,9-13,17-19H2,1H3,(H2,29,30,31,32,33). The first-order valence-corrected chi connectivity index (χ1v) is 13.0. The largest absolute Gasteiger partial charge is 0.383 e. The number of para-hydroxylation sites is 1. The summed E-state index contributed by atoms with van der Waals surface area (Å²) >= 11 is 0. The van der Waals surface area contributed by atoms with Crippen LogP contribution in [0.3, 0.4) is 0 Å². The first kappa shape index (κ1) is 24.2. The van der Waals surface area contributed by atoms with Crippen molar-refractivity contribution in [2.45, 2.75) is 76.8 Å². The Kier molecular flexibility index (Phi) is 8.91. The highest BCUT2D eigenvalue weighted by atomic mass is 15.2. The van der Waals surface area contributed by atoms with Crippen molar-refractivity contribution in [3.63, 3.8) is 0 Å². The number of anilines is 3. The van der Waals surface area contributed by atoms with E-state index in [4.69, 9.17) is 20.2 Å². The van der Waals surface area contributed by atoms with E-state index in [1.165, 1.54) is 45.1 Å². The Balaban J connectivity index is 1.58. The summed E-state index contributed by atoms with van der Waals surface area (Å²) < 4.78 is 0. The minimum atomic E-state index is 0.403. The Bertz CT molecular complexity index is 948. The number of nitrogens with one attached hydrogen (secondary N) is 3. The van der Waals surface area contributed by atoms with Gasteiger partial charge in [-0.3, -0.25) is 4.90 Å². The van der Waals surface area contributed by atoms with E-state index < -0.39 is 0 Å². The summed E-state index contributed by atoms with van der Waals surface area (Å²) in [6.07, 6.45) is 10.3. The molecule has 2 heterocycles. The van der Waals surface area contributed by atoms with Crippen molar-refractivity contribution in [3.8, 4) is 17.5 Å². The molecule has 0 spiro atoms. The lowest BCUT2D eigenvalue weighted by Gasteiger charge is -2.23. The molecule has 1 saturated heterocycles. The van der Waals surface area contributed by atoms with Crippen molar-refractivity contribution in [3.05, 3.63) is 24.3 Å². The normalized spacial score (nSPS) is 19.4. The first-order valence-electron chi connectivity index (χ1n) is 13.0. The minimum absolute atomic E-state index is 0.403. The molecule has 1 aromatic carbocycles. The molecule has 1 aliphatic heterocycles. The molecule has 8 heteroatoms. The van der Waals surface area contributed by atoms with Crippen molar-refractivity contribution < 1.29 is 0 Å². The van der Waals surface area contributed by atoms with Crippen LogP contribution in [0.5, 0.6) is 0 Å². The minimum Gasteiger partial charge on any atom is -0.383 e. The number of aromatic nitrogens is 3. The molecule has 2 aromatic rings. The van der Waals surface area contributed by atoms with Crippen LogP contribution in [-0.2, 0) is 0 Å². The summed E-state index contributed by atoms with van der Waals surface area (Å²) in [6.45, 7) is 5.89. The molecule has 1 aromatic heterocycles. The van der Waals surface area contributed by atoms with Crippen LogP contribution >= 0.6 is 0 Å². The van der Waals surface area contributed by atoms with Gasteiger partial charge in [0.2, 0.25) is 11.9 Å². The molecule has 0 bridgehead atoms. The topological polar surface area (TPSA) is 102 Å². The van der Waals surface area contributed by atoms with Gasteiger partial charge in [-0.25, -0.2) is 0 Å². The van der Waals surface area contributed by atoms with Crippen LogP contribution in [0.25, 0.3) is 11.4 Å². The summed E-state index contributed by atoms with van der Waals surface area (Å²) in [5.74, 6) is 1.91. The number of hydrogen-bond acceptors (Lipinski definition) is 8. The third-order valence-electron chi connectivity index (χ3n) is 6.95. The third kappa shape index (κ3) is 6.57. The molecule has 1 unspecified atom stereocenters. The quantitative estimate of drug-likeness (QED) is 0.339. The molecule has 4 rings (SSSR count). The molecule has 1 saturated carbocycles. The molecule has 3 N–H and O–H groups in total. The van der Waals surface area contributed by atoms with Gasteiger partial charge in [-0.05, 0) is 50.9 Å². The summed E-state index contributed by atoms with van der Waals surface area (Å²) in [5.41, 5.74) is 1.86. The molecular weight excluding hydrogens is 424 g/mol. The van der Waals surface area contributed by atoms with Gasteiger partial charge >= 0.3 is 0 Å². The second-order valence-corrected chi connectivity index (χ2v) is 9.33. The molecule has 182 valence electrons. The fourth-order valence-electron chi connectivity index (χ4n) is 5.08. The summed E-state index contributed by atoms with van der Waals surface area (Å²) in [7, 11) is 0. The second kappa shape index (κ2) is 12.5. The summed E-state index contributed by atoms with van der Waals surface area (Å²) in [6, 6.07) is 11.1. The van der Waals surface area contributed by atoms with Crippen LogP contribution in [0.1, 0.15) is 64.7 Å². The Hall–Kier alpha value is -2.92. The van der Waals surface area contributed by atoms with Gasteiger partial charge in [-0.2, -0.15) is 20.2 Å². The maximum atomic E-state index is 8.92. The molecule has 2 fully saturated rings. The lowest BCUT2D eigenvalue weighted by Crippen LogP contribution is -2.35. The van der Waals surface area contributed by atoms with Crippen molar-refractivity contribution in [2.75, 3.05) is 42.1 Å². The average Bonchev–Trinajstić information content (AvgIpc) is 3.17. The predicted octanol–water partition coefficient (Wildman–Crippen LogP) is 4.90. The monoisotopic (exact) mass is 462 g/mol. The predicted molar refractivity (Wildman–Crippen MR) is 138 cm³/mol. The molecule has 1 aliphatic carbocycles. The zero-order chi connectivity index (χ0) is 23.6. The van der Waals surface area contributed by atoms with Crippen LogP contribution < -0.4 is 16.0 Å². The van der Waals surface area contributed by atoms with Gasteiger partial charge in [-0.1, -0.05) is 44.7 Å². The molecular formula is C26H38N8. The smallest absolute Gasteiger partial charge is 0.228 e. The van der Waals surface area contributed by atoms with E-state index in [0.717, 1.165) is 37.2 Å². The summed E-state index contributed by atoms with van der Waals surface area (Å²) in [4.78, 5) is 17.0. The van der Waals surface area contributed by atoms with Gasteiger partial charge in [0.05, 0.1) is 12.5 Å². The number of nitrogens with zero attached hydrogens (tertiary/aromatic N) is 5. The van der Waals surface area contributed by atoms with Crippen molar-refractivity contribution in [1.82, 2.24) is 19.9 Å². The average molecular weight is 463 g/mol. The maximum Gasteiger partial charge on any atom is 0.228 e. The summed E-state index contributed by atoms with van der Waals surface area (Å²) in [5, 5.41) is 19.4. The number of benzene rings is 1. The molecule has 1 atom stereocenters. The second-order valence-electron chi connectivity index (χ2n) is 9.33. The number of likely N-dealkylation sites (tertiary alicyclic amines) is 1. The number of likely N-dealkylation sites (N-methyl/N-ethyl adjacent to an activating group) is 1. The molecule has 8 nitrogen and oxygen atoms in total. The zero-order valence-corrected chi connectivity index (χ0v) is 20.4. The van der Waals surface area contributed by atoms with Crippen molar-refractivity contribution in [1.29, 1.82) is 5.26 Å². The van der Waals surface area contributed by atoms with E-state index in [2.05, 4.69) is 33.8 Å². The van der Waals surface area contributed by atoms with Crippen molar-refractivity contribution in [2.24, 2.45) is 0 Å². The van der Waals surface area contributed by atoms with E-state index in [1.54, 1.807) is 0 Å². The molecule has 0 radical (unpaired) electrons. The fourth-order valence-corrected chi connectivity index (χ4v) is 5.08. The molecule has 0 amide bonds. The van der Waals surface area contributed by atoms with Crippen LogP contribution in [-0.4, -0.2) is 58.1 Å². The van der Waals surface area contributed by atoms with Crippen LogP contribution in [0.2, 0.25) is 0 Å². The van der Waals surface area contributed by atoms with Crippen LogP contribution in [0.4, 0.5) is 17.6 Å². The van der Waals surface area contributed by atoms with Gasteiger partial charge in [-0.15, -0.1) is 0 Å². The van der Waals surface area contributed by atoms with Gasteiger partial charge in [0.15, 0.2) is 5.82 Å². The SMILES string of the molecule is CCN1CCCC1CNc1nc(NC2CCCCCC2)nc(-c2ccccc2NCCC#N)n1. The highest BCUT2D eigenvalue weighted by Crippen LogP contribution is 2.28. The Morgan fingerprint density at radius 1 is 0.971 bits per heavy atom. The van der Waals surface area contributed by atoms with E-state index in [9.17, 15) is 0 Å².